The molecule has 2 rings (SSSR count). The van der Waals surface area contributed by atoms with E-state index >= 15 is 0 Å². The van der Waals surface area contributed by atoms with Gasteiger partial charge in [-0.3, -0.25) is 0 Å². The van der Waals surface area contributed by atoms with Gasteiger partial charge in [0.1, 0.15) is 17.4 Å². The lowest BCUT2D eigenvalue weighted by Crippen LogP contribution is -2.13. The normalized spacial score (nSPS) is 11.2. The SMILES string of the molecule is COc1ccccc1Nc1cc(N)nc(C(F)(F)F)n1. The number of aromatic nitrogens is 2. The third-order valence-electron chi connectivity index (χ3n) is 2.37. The van der Waals surface area contributed by atoms with Gasteiger partial charge in [-0.05, 0) is 12.1 Å². The predicted octanol–water partition coefficient (Wildman–Crippen LogP) is 2.83. The van der Waals surface area contributed by atoms with Crippen molar-refractivity contribution in [2.45, 2.75) is 6.18 Å². The summed E-state index contributed by atoms with van der Waals surface area (Å²) in [5.41, 5.74) is 5.83. The molecule has 3 N–H and O–H groups in total. The van der Waals surface area contributed by atoms with Crippen molar-refractivity contribution in [2.24, 2.45) is 0 Å². The summed E-state index contributed by atoms with van der Waals surface area (Å²) in [6, 6.07) is 7.96. The maximum absolute atomic E-state index is 12.6. The second kappa shape index (κ2) is 5.24. The first-order valence-corrected chi connectivity index (χ1v) is 5.52. The van der Waals surface area contributed by atoms with Gasteiger partial charge < -0.3 is 15.8 Å². The van der Waals surface area contributed by atoms with E-state index < -0.39 is 12.0 Å². The number of anilines is 3. The number of nitrogens with one attached hydrogen (secondary N) is 1. The van der Waals surface area contributed by atoms with E-state index in [1.807, 2.05) is 0 Å². The molecule has 0 spiro atoms. The summed E-state index contributed by atoms with van der Waals surface area (Å²) in [5, 5.41) is 2.72. The highest BCUT2D eigenvalue weighted by Crippen LogP contribution is 2.30. The minimum atomic E-state index is -4.66. The fraction of sp³-hybridized carbons (Fsp3) is 0.167. The lowest BCUT2D eigenvalue weighted by atomic mass is 10.3. The van der Waals surface area contributed by atoms with Crippen molar-refractivity contribution in [3.8, 4) is 5.75 Å². The molecule has 0 aliphatic rings. The van der Waals surface area contributed by atoms with Gasteiger partial charge >= 0.3 is 6.18 Å². The average molecular weight is 284 g/mol. The van der Waals surface area contributed by atoms with E-state index in [0.29, 0.717) is 11.4 Å². The molecule has 1 aromatic heterocycles. The molecule has 1 heterocycles. The molecule has 5 nitrogen and oxygen atoms in total. The molecule has 0 saturated carbocycles. The number of hydrogen-bond acceptors (Lipinski definition) is 5. The van der Waals surface area contributed by atoms with Crippen LogP contribution in [0.1, 0.15) is 5.82 Å². The summed E-state index contributed by atoms with van der Waals surface area (Å²) in [5.74, 6) is -1.16. The third-order valence-corrected chi connectivity index (χ3v) is 2.37. The lowest BCUT2D eigenvalue weighted by molar-refractivity contribution is -0.144. The van der Waals surface area contributed by atoms with Crippen molar-refractivity contribution in [2.75, 3.05) is 18.2 Å². The summed E-state index contributed by atoms with van der Waals surface area (Å²) in [7, 11) is 1.45. The van der Waals surface area contributed by atoms with Crippen LogP contribution in [0, 0.1) is 0 Å². The van der Waals surface area contributed by atoms with Crippen LogP contribution in [0.5, 0.6) is 5.75 Å². The molecule has 0 unspecified atom stereocenters. The van der Waals surface area contributed by atoms with Gasteiger partial charge in [-0.15, -0.1) is 0 Å². The van der Waals surface area contributed by atoms with Gasteiger partial charge in [0.05, 0.1) is 12.8 Å². The van der Waals surface area contributed by atoms with Crippen LogP contribution in [-0.4, -0.2) is 17.1 Å². The van der Waals surface area contributed by atoms with E-state index in [2.05, 4.69) is 15.3 Å². The van der Waals surface area contributed by atoms with E-state index in [0.717, 1.165) is 0 Å². The number of nitrogen functional groups attached to an aromatic ring is 1. The fourth-order valence-corrected chi connectivity index (χ4v) is 1.54. The molecular formula is C12H11F3N4O. The molecule has 0 atom stereocenters. The first kappa shape index (κ1) is 13.9. The van der Waals surface area contributed by atoms with Gasteiger partial charge in [-0.2, -0.15) is 13.2 Å². The number of hydrogen-bond donors (Lipinski definition) is 2. The molecule has 0 aliphatic heterocycles. The molecule has 0 amide bonds. The molecule has 0 bridgehead atoms. The Balaban J connectivity index is 2.36. The number of halogens is 3. The molecule has 2 aromatic rings. The third kappa shape index (κ3) is 3.08. The van der Waals surface area contributed by atoms with E-state index in [9.17, 15) is 13.2 Å². The Bertz CT molecular complexity index is 616. The number of nitrogens with zero attached hydrogens (tertiary/aromatic N) is 2. The summed E-state index contributed by atoms with van der Waals surface area (Å²) in [6.45, 7) is 0. The number of methoxy groups -OCH3 is 1. The minimum absolute atomic E-state index is 0.0608. The maximum atomic E-state index is 12.6. The van der Waals surface area contributed by atoms with Crippen molar-refractivity contribution in [3.63, 3.8) is 0 Å². The minimum Gasteiger partial charge on any atom is -0.495 e. The smallest absolute Gasteiger partial charge is 0.451 e. The Morgan fingerprint density at radius 1 is 1.20 bits per heavy atom. The van der Waals surface area contributed by atoms with Crippen molar-refractivity contribution >= 4 is 17.3 Å². The molecule has 0 aliphatic carbocycles. The van der Waals surface area contributed by atoms with Crippen molar-refractivity contribution in [1.29, 1.82) is 0 Å². The van der Waals surface area contributed by atoms with E-state index in [4.69, 9.17) is 10.5 Å². The first-order chi connectivity index (χ1) is 9.40. The zero-order valence-corrected chi connectivity index (χ0v) is 10.4. The van der Waals surface area contributed by atoms with Crippen LogP contribution in [-0.2, 0) is 6.18 Å². The second-order valence-electron chi connectivity index (χ2n) is 3.82. The van der Waals surface area contributed by atoms with Gasteiger partial charge in [0, 0.05) is 6.07 Å². The van der Waals surface area contributed by atoms with Crippen LogP contribution in [0.3, 0.4) is 0 Å². The van der Waals surface area contributed by atoms with Gasteiger partial charge in [0.15, 0.2) is 0 Å². The molecular weight excluding hydrogens is 273 g/mol. The molecule has 0 radical (unpaired) electrons. The van der Waals surface area contributed by atoms with Gasteiger partial charge in [0.2, 0.25) is 5.82 Å². The molecule has 20 heavy (non-hydrogen) atoms. The van der Waals surface area contributed by atoms with Gasteiger partial charge in [-0.25, -0.2) is 9.97 Å². The summed E-state index contributed by atoms with van der Waals surface area (Å²) in [6.07, 6.45) is -4.66. The Morgan fingerprint density at radius 2 is 1.90 bits per heavy atom. The molecule has 0 fully saturated rings. The Labute approximate surface area is 112 Å². The van der Waals surface area contributed by atoms with Gasteiger partial charge in [0.25, 0.3) is 0 Å². The summed E-state index contributed by atoms with van der Waals surface area (Å²) < 4.78 is 42.9. The quantitative estimate of drug-likeness (QED) is 0.906. The molecule has 106 valence electrons. The Kier molecular flexibility index (Phi) is 3.64. The van der Waals surface area contributed by atoms with Gasteiger partial charge in [-0.1, -0.05) is 12.1 Å². The number of ether oxygens (including phenoxy) is 1. The molecule has 0 saturated heterocycles. The highest BCUT2D eigenvalue weighted by molar-refractivity contribution is 5.65. The van der Waals surface area contributed by atoms with Crippen LogP contribution in [0.4, 0.5) is 30.5 Å². The maximum Gasteiger partial charge on any atom is 0.451 e. The summed E-state index contributed by atoms with van der Waals surface area (Å²) >= 11 is 0. The zero-order valence-electron chi connectivity index (χ0n) is 10.4. The van der Waals surface area contributed by atoms with Crippen molar-refractivity contribution in [1.82, 2.24) is 9.97 Å². The molecule has 1 aromatic carbocycles. The second-order valence-corrected chi connectivity index (χ2v) is 3.82. The number of nitrogens with two attached hydrogens (primary N) is 1. The fourth-order valence-electron chi connectivity index (χ4n) is 1.54. The van der Waals surface area contributed by atoms with E-state index in [-0.39, 0.29) is 11.6 Å². The Hall–Kier alpha value is -2.51. The van der Waals surface area contributed by atoms with Crippen LogP contribution >= 0.6 is 0 Å². The largest absolute Gasteiger partial charge is 0.495 e. The Morgan fingerprint density at radius 3 is 2.55 bits per heavy atom. The lowest BCUT2D eigenvalue weighted by Gasteiger charge is -2.12. The van der Waals surface area contributed by atoms with Crippen molar-refractivity contribution in [3.05, 3.63) is 36.2 Å². The van der Waals surface area contributed by atoms with Crippen LogP contribution in [0.15, 0.2) is 30.3 Å². The van der Waals surface area contributed by atoms with Crippen LogP contribution in [0.25, 0.3) is 0 Å². The highest BCUT2D eigenvalue weighted by Gasteiger charge is 2.35. The first-order valence-electron chi connectivity index (χ1n) is 5.52. The van der Waals surface area contributed by atoms with Crippen molar-refractivity contribution < 1.29 is 17.9 Å². The van der Waals surface area contributed by atoms with Crippen LogP contribution < -0.4 is 15.8 Å². The number of para-hydroxylation sites is 2. The summed E-state index contributed by atoms with van der Waals surface area (Å²) in [4.78, 5) is 6.55. The highest BCUT2D eigenvalue weighted by atomic mass is 19.4. The predicted molar refractivity (Wildman–Crippen MR) is 67.7 cm³/mol. The molecule has 8 heteroatoms. The standard InChI is InChI=1S/C12H11F3N4O/c1-20-8-5-3-2-4-7(8)17-10-6-9(16)18-11(19-10)12(13,14)15/h2-6H,1H3,(H3,16,17,18,19). The average Bonchev–Trinajstić information content (AvgIpc) is 2.37. The number of benzene rings is 1. The monoisotopic (exact) mass is 284 g/mol. The topological polar surface area (TPSA) is 73.1 Å². The van der Waals surface area contributed by atoms with Crippen LogP contribution in [0.2, 0.25) is 0 Å². The number of rotatable bonds is 3. The van der Waals surface area contributed by atoms with E-state index in [1.54, 1.807) is 24.3 Å². The number of alkyl halides is 3. The van der Waals surface area contributed by atoms with E-state index in [1.165, 1.54) is 13.2 Å². The zero-order chi connectivity index (χ0) is 14.8.